The van der Waals surface area contributed by atoms with E-state index in [0.29, 0.717) is 6.54 Å². The number of rotatable bonds is 2. The summed E-state index contributed by atoms with van der Waals surface area (Å²) in [5, 5.41) is 0. The van der Waals surface area contributed by atoms with Crippen molar-refractivity contribution in [3.63, 3.8) is 0 Å². The Morgan fingerprint density at radius 1 is 1.28 bits per heavy atom. The Morgan fingerprint density at radius 2 is 2.17 bits per heavy atom. The van der Waals surface area contributed by atoms with E-state index >= 15 is 0 Å². The summed E-state index contributed by atoms with van der Waals surface area (Å²) in [4.78, 5) is 5.19. The summed E-state index contributed by atoms with van der Waals surface area (Å²) in [6.07, 6.45) is 2.75. The summed E-state index contributed by atoms with van der Waals surface area (Å²) in [5.41, 5.74) is 9.69. The van der Waals surface area contributed by atoms with E-state index in [9.17, 15) is 0 Å². The first-order chi connectivity index (χ1) is 8.78. The monoisotopic (exact) mass is 245 g/mol. The molecule has 0 radical (unpaired) electrons. The van der Waals surface area contributed by atoms with Crippen LogP contribution in [0, 0.1) is 6.92 Å². The molecule has 0 amide bonds. The third-order valence-electron chi connectivity index (χ3n) is 4.50. The van der Waals surface area contributed by atoms with Crippen LogP contribution in [0.5, 0.6) is 0 Å². The van der Waals surface area contributed by atoms with Crippen LogP contribution in [0.3, 0.4) is 0 Å². The number of hydrogen-bond acceptors (Lipinski definition) is 3. The standard InChI is InChI=1S/C15H23N3/c1-12-9-14(5-4-13(12)10-16)18-8-7-17-6-2-3-15(17)11-18/h4-5,9,15H,2-3,6-8,10-11,16H2,1H3. The van der Waals surface area contributed by atoms with E-state index in [1.807, 2.05) is 0 Å². The van der Waals surface area contributed by atoms with Crippen molar-refractivity contribution in [1.82, 2.24) is 4.90 Å². The van der Waals surface area contributed by atoms with Gasteiger partial charge in [0.25, 0.3) is 0 Å². The maximum absolute atomic E-state index is 5.73. The number of piperazine rings is 1. The highest BCUT2D eigenvalue weighted by atomic mass is 15.3. The molecule has 2 N–H and O–H groups in total. The van der Waals surface area contributed by atoms with Crippen LogP contribution >= 0.6 is 0 Å². The number of hydrogen-bond donors (Lipinski definition) is 1. The molecular weight excluding hydrogens is 222 g/mol. The topological polar surface area (TPSA) is 32.5 Å². The fourth-order valence-corrected chi connectivity index (χ4v) is 3.33. The van der Waals surface area contributed by atoms with Gasteiger partial charge in [-0.2, -0.15) is 0 Å². The zero-order valence-corrected chi connectivity index (χ0v) is 11.2. The van der Waals surface area contributed by atoms with E-state index in [0.717, 1.165) is 12.6 Å². The van der Waals surface area contributed by atoms with Gasteiger partial charge in [-0.25, -0.2) is 0 Å². The summed E-state index contributed by atoms with van der Waals surface area (Å²) >= 11 is 0. The number of anilines is 1. The van der Waals surface area contributed by atoms with Gasteiger partial charge in [0.1, 0.15) is 0 Å². The smallest absolute Gasteiger partial charge is 0.0370 e. The highest BCUT2D eigenvalue weighted by Gasteiger charge is 2.30. The molecule has 3 nitrogen and oxygen atoms in total. The largest absolute Gasteiger partial charge is 0.369 e. The van der Waals surface area contributed by atoms with Crippen LogP contribution in [-0.2, 0) is 6.54 Å². The average molecular weight is 245 g/mol. The Hall–Kier alpha value is -1.06. The Labute approximate surface area is 110 Å². The van der Waals surface area contributed by atoms with Crippen molar-refractivity contribution < 1.29 is 0 Å². The average Bonchev–Trinajstić information content (AvgIpc) is 2.85. The van der Waals surface area contributed by atoms with E-state index in [1.165, 1.54) is 49.3 Å². The van der Waals surface area contributed by atoms with Gasteiger partial charge in [-0.3, -0.25) is 4.90 Å². The minimum atomic E-state index is 0.641. The second-order valence-electron chi connectivity index (χ2n) is 5.59. The fraction of sp³-hybridized carbons (Fsp3) is 0.600. The zero-order valence-electron chi connectivity index (χ0n) is 11.2. The zero-order chi connectivity index (χ0) is 12.5. The molecule has 1 unspecified atom stereocenters. The lowest BCUT2D eigenvalue weighted by molar-refractivity contribution is 0.231. The lowest BCUT2D eigenvalue weighted by atomic mass is 10.1. The first-order valence-corrected chi connectivity index (χ1v) is 7.06. The third kappa shape index (κ3) is 2.13. The summed E-state index contributed by atoms with van der Waals surface area (Å²) < 4.78 is 0. The van der Waals surface area contributed by atoms with E-state index in [-0.39, 0.29) is 0 Å². The molecule has 3 rings (SSSR count). The molecule has 98 valence electrons. The summed E-state index contributed by atoms with van der Waals surface area (Å²) in [7, 11) is 0. The second kappa shape index (κ2) is 4.90. The maximum Gasteiger partial charge on any atom is 0.0370 e. The molecule has 2 heterocycles. The van der Waals surface area contributed by atoms with Crippen molar-refractivity contribution in [2.45, 2.75) is 32.4 Å². The predicted octanol–water partition coefficient (Wildman–Crippen LogP) is 1.74. The van der Waals surface area contributed by atoms with Crippen LogP contribution in [0.2, 0.25) is 0 Å². The fourth-order valence-electron chi connectivity index (χ4n) is 3.33. The molecule has 0 aliphatic carbocycles. The van der Waals surface area contributed by atoms with Gasteiger partial charge in [0.2, 0.25) is 0 Å². The molecule has 0 saturated carbocycles. The third-order valence-corrected chi connectivity index (χ3v) is 4.50. The molecule has 1 aromatic rings. The van der Waals surface area contributed by atoms with Gasteiger partial charge in [-0.1, -0.05) is 6.07 Å². The number of nitrogens with two attached hydrogens (primary N) is 1. The Kier molecular flexibility index (Phi) is 3.27. The first-order valence-electron chi connectivity index (χ1n) is 7.06. The molecule has 2 fully saturated rings. The van der Waals surface area contributed by atoms with Gasteiger partial charge in [-0.15, -0.1) is 0 Å². The minimum absolute atomic E-state index is 0.641. The predicted molar refractivity (Wildman–Crippen MR) is 75.9 cm³/mol. The molecule has 1 aromatic carbocycles. The van der Waals surface area contributed by atoms with Crippen molar-refractivity contribution in [3.05, 3.63) is 29.3 Å². The van der Waals surface area contributed by atoms with Crippen LogP contribution in [0.25, 0.3) is 0 Å². The van der Waals surface area contributed by atoms with Crippen LogP contribution in [0.15, 0.2) is 18.2 Å². The number of fused-ring (bicyclic) bond motifs is 1. The van der Waals surface area contributed by atoms with Gasteiger partial charge in [0.05, 0.1) is 0 Å². The van der Waals surface area contributed by atoms with Gasteiger partial charge in [-0.05, 0) is 49.6 Å². The summed E-state index contributed by atoms with van der Waals surface area (Å²) in [6, 6.07) is 7.51. The SMILES string of the molecule is Cc1cc(N2CCN3CCCC3C2)ccc1CN. The van der Waals surface area contributed by atoms with Crippen molar-refractivity contribution >= 4 is 5.69 Å². The van der Waals surface area contributed by atoms with E-state index in [1.54, 1.807) is 0 Å². The van der Waals surface area contributed by atoms with Gasteiger partial charge in [0.15, 0.2) is 0 Å². The van der Waals surface area contributed by atoms with Crippen LogP contribution in [-0.4, -0.2) is 37.1 Å². The molecule has 1 atom stereocenters. The van der Waals surface area contributed by atoms with E-state index < -0.39 is 0 Å². The lowest BCUT2D eigenvalue weighted by Crippen LogP contribution is -2.50. The van der Waals surface area contributed by atoms with E-state index in [4.69, 9.17) is 5.73 Å². The van der Waals surface area contributed by atoms with Crippen molar-refractivity contribution in [2.75, 3.05) is 31.1 Å². The van der Waals surface area contributed by atoms with Crippen LogP contribution in [0.1, 0.15) is 24.0 Å². The maximum atomic E-state index is 5.73. The number of benzene rings is 1. The molecule has 2 aliphatic heterocycles. The van der Waals surface area contributed by atoms with Crippen LogP contribution in [0.4, 0.5) is 5.69 Å². The molecule has 0 aromatic heterocycles. The second-order valence-corrected chi connectivity index (χ2v) is 5.59. The van der Waals surface area contributed by atoms with Gasteiger partial charge >= 0.3 is 0 Å². The quantitative estimate of drug-likeness (QED) is 0.861. The molecule has 0 bridgehead atoms. The van der Waals surface area contributed by atoms with Crippen LogP contribution < -0.4 is 10.6 Å². The number of aryl methyl sites for hydroxylation is 1. The lowest BCUT2D eigenvalue weighted by Gasteiger charge is -2.39. The molecule has 18 heavy (non-hydrogen) atoms. The normalized spacial score (nSPS) is 24.3. The Balaban J connectivity index is 1.76. The Morgan fingerprint density at radius 3 is 2.94 bits per heavy atom. The molecule has 2 aliphatic rings. The highest BCUT2D eigenvalue weighted by Crippen LogP contribution is 2.26. The highest BCUT2D eigenvalue weighted by molar-refractivity contribution is 5.51. The van der Waals surface area contributed by atoms with E-state index in [2.05, 4.69) is 34.9 Å². The summed E-state index contributed by atoms with van der Waals surface area (Å²) in [6.45, 7) is 7.70. The minimum Gasteiger partial charge on any atom is -0.369 e. The van der Waals surface area contributed by atoms with Crippen molar-refractivity contribution in [3.8, 4) is 0 Å². The molecule has 2 saturated heterocycles. The Bertz CT molecular complexity index is 430. The first kappa shape index (κ1) is 12.0. The summed E-state index contributed by atoms with van der Waals surface area (Å²) in [5.74, 6) is 0. The molecule has 0 spiro atoms. The molecular formula is C15H23N3. The van der Waals surface area contributed by atoms with Crippen molar-refractivity contribution in [1.29, 1.82) is 0 Å². The van der Waals surface area contributed by atoms with Crippen molar-refractivity contribution in [2.24, 2.45) is 5.73 Å². The van der Waals surface area contributed by atoms with Gasteiger partial charge in [0, 0.05) is 37.9 Å². The van der Waals surface area contributed by atoms with Gasteiger partial charge < -0.3 is 10.6 Å². The molecule has 3 heteroatoms. The number of nitrogens with zero attached hydrogens (tertiary/aromatic N) is 2.